The first-order valence-corrected chi connectivity index (χ1v) is 42.3. The smallest absolute Gasteiger partial charge is 0.462 e. The molecule has 0 saturated carbocycles. The van der Waals surface area contributed by atoms with Gasteiger partial charge >= 0.3 is 39.5 Å². The summed E-state index contributed by atoms with van der Waals surface area (Å²) in [5.41, 5.74) is 0. The summed E-state index contributed by atoms with van der Waals surface area (Å²) in [7, 11) is -9.91. The highest BCUT2D eigenvalue weighted by Crippen LogP contribution is 2.45. The molecule has 0 amide bonds. The van der Waals surface area contributed by atoms with Gasteiger partial charge in [0.1, 0.15) is 19.3 Å². The van der Waals surface area contributed by atoms with Gasteiger partial charge in [-0.1, -0.05) is 337 Å². The van der Waals surface area contributed by atoms with Crippen LogP contribution in [0.4, 0.5) is 0 Å². The molecular weight excluding hydrogens is 1250 g/mol. The summed E-state index contributed by atoms with van der Waals surface area (Å²) in [6.07, 6.45) is 53.0. The molecule has 0 aliphatic rings. The molecule has 0 aromatic carbocycles. The Morgan fingerprint density at radius 2 is 0.484 bits per heavy atom. The average molecular weight is 1400 g/mol. The summed E-state index contributed by atoms with van der Waals surface area (Å²) < 4.78 is 68.4. The maximum absolute atomic E-state index is 13.1. The van der Waals surface area contributed by atoms with Crippen LogP contribution in [0.5, 0.6) is 0 Å². The summed E-state index contributed by atoms with van der Waals surface area (Å²) >= 11 is 0. The van der Waals surface area contributed by atoms with Gasteiger partial charge in [-0.05, 0) is 43.4 Å². The number of carbonyl (C=O) groups is 4. The molecule has 0 heterocycles. The number of ether oxygens (including phenoxy) is 4. The van der Waals surface area contributed by atoms with E-state index in [0.717, 1.165) is 108 Å². The number of rotatable bonds is 74. The molecule has 0 fully saturated rings. The summed E-state index contributed by atoms with van der Waals surface area (Å²) in [5.74, 6) is 0.0965. The molecule has 19 heteroatoms. The summed E-state index contributed by atoms with van der Waals surface area (Å²) in [6.45, 7) is 11.8. The van der Waals surface area contributed by atoms with Crippen molar-refractivity contribution in [3.8, 4) is 0 Å². The van der Waals surface area contributed by atoms with Crippen LogP contribution >= 0.6 is 15.6 Å². The van der Waals surface area contributed by atoms with E-state index in [-0.39, 0.29) is 25.7 Å². The lowest BCUT2D eigenvalue weighted by atomic mass is 10.0. The normalized spacial score (nSPS) is 14.1. The van der Waals surface area contributed by atoms with E-state index in [4.69, 9.17) is 37.0 Å². The minimum Gasteiger partial charge on any atom is -0.462 e. The highest BCUT2D eigenvalue weighted by molar-refractivity contribution is 7.47. The van der Waals surface area contributed by atoms with Crippen molar-refractivity contribution in [2.75, 3.05) is 39.6 Å². The molecule has 3 N–H and O–H groups in total. The Morgan fingerprint density at radius 1 is 0.284 bits per heavy atom. The van der Waals surface area contributed by atoms with Crippen molar-refractivity contribution < 1.29 is 80.2 Å². The Bertz CT molecular complexity index is 1850. The van der Waals surface area contributed by atoms with Crippen molar-refractivity contribution in [3.05, 3.63) is 0 Å². The van der Waals surface area contributed by atoms with Crippen LogP contribution in [0.15, 0.2) is 0 Å². The molecule has 0 aliphatic carbocycles. The fraction of sp³-hybridized carbons (Fsp3) is 0.947. The van der Waals surface area contributed by atoms with E-state index in [1.807, 2.05) is 0 Å². The first-order valence-electron chi connectivity index (χ1n) is 39.3. The molecule has 0 aromatic heterocycles. The van der Waals surface area contributed by atoms with Crippen LogP contribution < -0.4 is 0 Å². The number of hydrogen-bond donors (Lipinski definition) is 3. The molecule has 0 aromatic rings. The van der Waals surface area contributed by atoms with Gasteiger partial charge in [0.2, 0.25) is 0 Å². The van der Waals surface area contributed by atoms with Gasteiger partial charge in [0.05, 0.1) is 26.4 Å². The number of hydrogen-bond acceptors (Lipinski definition) is 15. The lowest BCUT2D eigenvalue weighted by molar-refractivity contribution is -0.161. The van der Waals surface area contributed by atoms with Crippen molar-refractivity contribution >= 4 is 39.5 Å². The highest BCUT2D eigenvalue weighted by atomic mass is 31.2. The van der Waals surface area contributed by atoms with Crippen LogP contribution in [0.3, 0.4) is 0 Å². The molecule has 0 radical (unpaired) electrons. The molecule has 0 spiro atoms. The second-order valence-electron chi connectivity index (χ2n) is 28.8. The molecule has 0 aliphatic heterocycles. The topological polar surface area (TPSA) is 237 Å². The third-order valence-electron chi connectivity index (χ3n) is 17.6. The number of carbonyl (C=O) groups excluding carboxylic acids is 4. The van der Waals surface area contributed by atoms with Crippen molar-refractivity contribution in [1.29, 1.82) is 0 Å². The molecule has 17 nitrogen and oxygen atoms in total. The van der Waals surface area contributed by atoms with Gasteiger partial charge in [-0.15, -0.1) is 0 Å². The maximum Gasteiger partial charge on any atom is 0.472 e. The third-order valence-corrected chi connectivity index (χ3v) is 19.5. The Labute approximate surface area is 581 Å². The van der Waals surface area contributed by atoms with E-state index >= 15 is 0 Å². The largest absolute Gasteiger partial charge is 0.472 e. The third kappa shape index (κ3) is 70.3. The Kier molecular flexibility index (Phi) is 65.2. The number of unbranched alkanes of at least 4 members (excludes halogenated alkanes) is 42. The molecule has 2 unspecified atom stereocenters. The minimum atomic E-state index is -4.96. The zero-order chi connectivity index (χ0) is 70.1. The average Bonchev–Trinajstić information content (AvgIpc) is 1.70. The second-order valence-corrected chi connectivity index (χ2v) is 31.7. The minimum absolute atomic E-state index is 0.103. The van der Waals surface area contributed by atoms with Gasteiger partial charge in [0.25, 0.3) is 0 Å². The monoisotopic (exact) mass is 1400 g/mol. The number of phosphoric acid groups is 2. The summed E-state index contributed by atoms with van der Waals surface area (Å²) in [6, 6.07) is 0. The SMILES string of the molecule is CCCCCCCCCCCCCCCCC(=O)OC[C@H](COP(=O)(O)OC[C@@H](O)COP(=O)(O)OC[C@@H](COC(=O)CCCCCCCCC(C)C)OC(=O)CCCCCCCCCCC(C)C)OC(=O)CCCCCCCCCCCCCCCCCCCCC(C)C. The number of phosphoric ester groups is 2. The lowest BCUT2D eigenvalue weighted by Gasteiger charge is -2.21. The van der Waals surface area contributed by atoms with Crippen molar-refractivity contribution in [3.63, 3.8) is 0 Å². The number of esters is 4. The van der Waals surface area contributed by atoms with Gasteiger partial charge < -0.3 is 33.8 Å². The fourth-order valence-electron chi connectivity index (χ4n) is 11.6. The lowest BCUT2D eigenvalue weighted by Crippen LogP contribution is -2.30. The van der Waals surface area contributed by atoms with Crippen LogP contribution in [0.25, 0.3) is 0 Å². The quantitative estimate of drug-likeness (QED) is 0.0222. The number of aliphatic hydroxyl groups excluding tert-OH is 1. The van der Waals surface area contributed by atoms with E-state index in [0.29, 0.717) is 31.6 Å². The van der Waals surface area contributed by atoms with Crippen molar-refractivity contribution in [2.24, 2.45) is 17.8 Å². The molecule has 0 saturated heterocycles. The molecule has 0 rings (SSSR count). The predicted octanol–water partition coefficient (Wildman–Crippen LogP) is 22.2. The summed E-state index contributed by atoms with van der Waals surface area (Å²) in [5, 5.41) is 10.6. The molecule has 0 bridgehead atoms. The van der Waals surface area contributed by atoms with Crippen LogP contribution in [0.2, 0.25) is 0 Å². The van der Waals surface area contributed by atoms with E-state index < -0.39 is 97.5 Å². The fourth-order valence-corrected chi connectivity index (χ4v) is 13.2. The maximum atomic E-state index is 13.1. The molecular formula is C76H148O17P2. The van der Waals surface area contributed by atoms with Gasteiger partial charge in [-0.2, -0.15) is 0 Å². The molecule has 5 atom stereocenters. The van der Waals surface area contributed by atoms with Gasteiger partial charge in [0, 0.05) is 25.7 Å². The van der Waals surface area contributed by atoms with Gasteiger partial charge in [-0.25, -0.2) is 9.13 Å². The number of aliphatic hydroxyl groups is 1. The van der Waals surface area contributed by atoms with E-state index in [2.05, 4.69) is 48.5 Å². The van der Waals surface area contributed by atoms with Crippen LogP contribution in [0.1, 0.15) is 389 Å². The second kappa shape index (κ2) is 66.6. The standard InChI is InChI=1S/C76H148O17P2/c1-8-9-10-11-12-13-14-15-23-26-29-35-43-50-57-73(78)86-63-71(92-75(80)59-52-45-36-30-27-24-21-19-17-16-18-20-22-25-28-33-40-47-54-67(2)3)65-90-94(82,83)88-61-70(77)62-89-95(84,85)91-66-72(64-87-74(79)58-51-44-39-38-42-49-56-69(6)7)93-76(81)60-53-46-37-32-31-34-41-48-55-68(4)5/h67-72,77H,8-66H2,1-7H3,(H,82,83)(H,84,85)/t70-,71-,72-/m1/s1. The Balaban J connectivity index is 5.19. The van der Waals surface area contributed by atoms with Crippen molar-refractivity contribution in [1.82, 2.24) is 0 Å². The summed E-state index contributed by atoms with van der Waals surface area (Å²) in [4.78, 5) is 72.7. The first kappa shape index (κ1) is 93.1. The first-order chi connectivity index (χ1) is 45.7. The highest BCUT2D eigenvalue weighted by Gasteiger charge is 2.30. The zero-order valence-electron chi connectivity index (χ0n) is 62.1. The van der Waals surface area contributed by atoms with E-state index in [1.54, 1.807) is 0 Å². The van der Waals surface area contributed by atoms with Gasteiger partial charge in [0.15, 0.2) is 12.2 Å². The Morgan fingerprint density at radius 3 is 0.716 bits per heavy atom. The predicted molar refractivity (Wildman–Crippen MR) is 386 cm³/mol. The van der Waals surface area contributed by atoms with Crippen molar-refractivity contribution in [2.45, 2.75) is 407 Å². The van der Waals surface area contributed by atoms with Crippen LogP contribution in [0, 0.1) is 17.8 Å². The zero-order valence-corrected chi connectivity index (χ0v) is 63.9. The molecule has 95 heavy (non-hydrogen) atoms. The Hall–Kier alpha value is -1.94. The molecule has 564 valence electrons. The van der Waals surface area contributed by atoms with Gasteiger partial charge in [-0.3, -0.25) is 37.3 Å². The van der Waals surface area contributed by atoms with Crippen LogP contribution in [-0.4, -0.2) is 96.7 Å². The van der Waals surface area contributed by atoms with E-state index in [9.17, 15) is 43.2 Å². The van der Waals surface area contributed by atoms with E-state index in [1.165, 1.54) is 193 Å². The van der Waals surface area contributed by atoms with Crippen LogP contribution in [-0.2, 0) is 65.4 Å².